The molecule has 2 N–H and O–H groups in total. The predicted octanol–water partition coefficient (Wildman–Crippen LogP) is 2.05. The van der Waals surface area contributed by atoms with Crippen LogP contribution in [0, 0.1) is 0 Å². The molecule has 1 heterocycles. The standard InChI is InChI=1S/C23H20N2O6/c1-15(20(27)22(29)30)19(26)18-14-24(12-16-8-4-2-5-9-16)23(31)25(21(18)28)13-17-10-6-3-7-11-17/h2-11,14,26H,12-13H2,1H3,(H,29,30). The van der Waals surface area contributed by atoms with Gasteiger partial charge in [0.25, 0.3) is 11.3 Å². The molecule has 0 amide bonds. The lowest BCUT2D eigenvalue weighted by Crippen LogP contribution is -2.41. The number of hydrogen-bond donors (Lipinski definition) is 2. The summed E-state index contributed by atoms with van der Waals surface area (Å²) in [6, 6.07) is 17.8. The maximum absolute atomic E-state index is 13.1. The molecule has 31 heavy (non-hydrogen) atoms. The molecule has 0 saturated carbocycles. The fraction of sp³-hybridized carbons (Fsp3) is 0.130. The van der Waals surface area contributed by atoms with Crippen molar-refractivity contribution in [3.63, 3.8) is 0 Å². The lowest BCUT2D eigenvalue weighted by molar-refractivity contribution is -0.147. The molecule has 0 unspecified atom stereocenters. The molecular weight excluding hydrogens is 400 g/mol. The third-order valence-corrected chi connectivity index (χ3v) is 4.76. The second kappa shape index (κ2) is 9.08. The number of ketones is 1. The maximum atomic E-state index is 13.1. The van der Waals surface area contributed by atoms with Gasteiger partial charge in [0, 0.05) is 11.8 Å². The minimum atomic E-state index is -1.76. The van der Waals surface area contributed by atoms with E-state index in [2.05, 4.69) is 0 Å². The van der Waals surface area contributed by atoms with E-state index in [1.807, 2.05) is 6.07 Å². The van der Waals surface area contributed by atoms with E-state index in [4.69, 9.17) is 5.11 Å². The minimum absolute atomic E-state index is 0.0552. The normalized spacial score (nSPS) is 11.6. The molecule has 8 nitrogen and oxygen atoms in total. The number of aliphatic carboxylic acids is 1. The van der Waals surface area contributed by atoms with Crippen LogP contribution in [0.3, 0.4) is 0 Å². The lowest BCUT2D eigenvalue weighted by atomic mass is 10.1. The zero-order valence-corrected chi connectivity index (χ0v) is 16.7. The average molecular weight is 420 g/mol. The quantitative estimate of drug-likeness (QED) is 0.343. The van der Waals surface area contributed by atoms with Crippen LogP contribution in [0.1, 0.15) is 23.6 Å². The predicted molar refractivity (Wildman–Crippen MR) is 114 cm³/mol. The molecule has 0 atom stereocenters. The van der Waals surface area contributed by atoms with E-state index in [9.17, 15) is 24.3 Å². The number of benzene rings is 2. The number of nitrogens with zero attached hydrogens (tertiary/aromatic N) is 2. The van der Waals surface area contributed by atoms with E-state index < -0.39 is 34.3 Å². The first kappa shape index (κ1) is 21.5. The van der Waals surface area contributed by atoms with E-state index in [1.165, 1.54) is 4.57 Å². The zero-order valence-electron chi connectivity index (χ0n) is 16.7. The van der Waals surface area contributed by atoms with Gasteiger partial charge in [-0.2, -0.15) is 0 Å². The third kappa shape index (κ3) is 4.69. The molecule has 0 fully saturated rings. The van der Waals surface area contributed by atoms with Crippen molar-refractivity contribution in [2.75, 3.05) is 0 Å². The Labute approximate surface area is 177 Å². The number of aliphatic hydroxyl groups is 1. The van der Waals surface area contributed by atoms with Gasteiger partial charge < -0.3 is 10.2 Å². The van der Waals surface area contributed by atoms with Gasteiger partial charge in [0.15, 0.2) is 0 Å². The Bertz CT molecular complexity index is 1270. The van der Waals surface area contributed by atoms with Crippen LogP contribution in [0.5, 0.6) is 0 Å². The van der Waals surface area contributed by atoms with Crippen molar-refractivity contribution in [2.45, 2.75) is 20.0 Å². The summed E-state index contributed by atoms with van der Waals surface area (Å²) in [7, 11) is 0. The zero-order chi connectivity index (χ0) is 22.5. The van der Waals surface area contributed by atoms with E-state index in [0.29, 0.717) is 5.56 Å². The first-order valence-electron chi connectivity index (χ1n) is 9.39. The highest BCUT2D eigenvalue weighted by atomic mass is 16.4. The molecule has 0 aliphatic rings. The monoisotopic (exact) mass is 420 g/mol. The van der Waals surface area contributed by atoms with Crippen molar-refractivity contribution >= 4 is 17.5 Å². The summed E-state index contributed by atoms with van der Waals surface area (Å²) in [5.74, 6) is -3.88. The summed E-state index contributed by atoms with van der Waals surface area (Å²) in [4.78, 5) is 48.9. The van der Waals surface area contributed by atoms with Gasteiger partial charge in [-0.15, -0.1) is 0 Å². The maximum Gasteiger partial charge on any atom is 0.377 e. The Hall–Kier alpha value is -4.20. The number of carboxylic acids is 1. The number of carbonyl (C=O) groups excluding carboxylic acids is 1. The average Bonchev–Trinajstić information content (AvgIpc) is 2.78. The van der Waals surface area contributed by atoms with Crippen molar-refractivity contribution in [1.82, 2.24) is 9.13 Å². The molecule has 0 saturated heterocycles. The highest BCUT2D eigenvalue weighted by Crippen LogP contribution is 2.14. The van der Waals surface area contributed by atoms with Crippen LogP contribution in [-0.2, 0) is 22.7 Å². The summed E-state index contributed by atoms with van der Waals surface area (Å²) in [6.45, 7) is 1.17. The van der Waals surface area contributed by atoms with Crippen LogP contribution in [0.15, 0.2) is 82.0 Å². The number of rotatable bonds is 7. The van der Waals surface area contributed by atoms with Crippen LogP contribution in [0.4, 0.5) is 0 Å². The smallest absolute Gasteiger partial charge is 0.377 e. The Morgan fingerprint density at radius 2 is 1.35 bits per heavy atom. The number of carboxylic acid groups (broad SMARTS) is 1. The highest BCUT2D eigenvalue weighted by molar-refractivity contribution is 6.40. The Morgan fingerprint density at radius 1 is 0.839 bits per heavy atom. The molecule has 158 valence electrons. The van der Waals surface area contributed by atoms with Crippen LogP contribution in [-0.4, -0.2) is 31.1 Å². The lowest BCUT2D eigenvalue weighted by Gasteiger charge is -2.14. The van der Waals surface area contributed by atoms with Crippen molar-refractivity contribution in [1.29, 1.82) is 0 Å². The molecule has 0 aliphatic carbocycles. The first-order chi connectivity index (χ1) is 14.8. The number of carbonyl (C=O) groups is 2. The largest absolute Gasteiger partial charge is 0.507 e. The van der Waals surface area contributed by atoms with Crippen LogP contribution in [0.25, 0.3) is 5.76 Å². The molecule has 0 radical (unpaired) electrons. The van der Waals surface area contributed by atoms with Gasteiger partial charge in [0.2, 0.25) is 0 Å². The van der Waals surface area contributed by atoms with Gasteiger partial charge in [0.1, 0.15) is 5.76 Å². The van der Waals surface area contributed by atoms with Gasteiger partial charge in [0.05, 0.1) is 18.7 Å². The molecule has 8 heteroatoms. The summed E-state index contributed by atoms with van der Waals surface area (Å²) in [6.07, 6.45) is 1.15. The summed E-state index contributed by atoms with van der Waals surface area (Å²) < 4.78 is 2.19. The minimum Gasteiger partial charge on any atom is -0.507 e. The molecule has 2 aromatic carbocycles. The van der Waals surface area contributed by atoms with Crippen LogP contribution in [0.2, 0.25) is 0 Å². The van der Waals surface area contributed by atoms with E-state index in [1.54, 1.807) is 54.6 Å². The SMILES string of the molecule is CC(C(=O)C(=O)O)=C(O)c1cn(Cc2ccccc2)c(=O)n(Cc2ccccc2)c1=O. The van der Waals surface area contributed by atoms with Gasteiger partial charge >= 0.3 is 11.7 Å². The second-order valence-electron chi connectivity index (χ2n) is 6.92. The Balaban J connectivity index is 2.21. The molecule has 0 aliphatic heterocycles. The van der Waals surface area contributed by atoms with E-state index >= 15 is 0 Å². The van der Waals surface area contributed by atoms with E-state index in [-0.39, 0.29) is 18.7 Å². The molecule has 3 rings (SSSR count). The molecule has 1 aromatic heterocycles. The number of Topliss-reactive ketones (excluding diaryl/α,β-unsaturated/α-hetero) is 1. The molecular formula is C23H20N2O6. The van der Waals surface area contributed by atoms with Gasteiger partial charge in [-0.05, 0) is 18.1 Å². The fourth-order valence-corrected chi connectivity index (χ4v) is 3.08. The Morgan fingerprint density at radius 3 is 1.87 bits per heavy atom. The van der Waals surface area contributed by atoms with Crippen LogP contribution >= 0.6 is 0 Å². The van der Waals surface area contributed by atoms with Crippen molar-refractivity contribution in [2.24, 2.45) is 0 Å². The van der Waals surface area contributed by atoms with Gasteiger partial charge in [-0.1, -0.05) is 60.7 Å². The summed E-state index contributed by atoms with van der Waals surface area (Å²) in [5, 5.41) is 19.5. The highest BCUT2D eigenvalue weighted by Gasteiger charge is 2.22. The van der Waals surface area contributed by atoms with Gasteiger partial charge in [-0.3, -0.25) is 18.7 Å². The third-order valence-electron chi connectivity index (χ3n) is 4.76. The number of aromatic nitrogens is 2. The van der Waals surface area contributed by atoms with Crippen molar-refractivity contribution in [3.05, 3.63) is 110 Å². The van der Waals surface area contributed by atoms with Crippen molar-refractivity contribution < 1.29 is 19.8 Å². The first-order valence-corrected chi connectivity index (χ1v) is 9.39. The molecule has 0 bridgehead atoms. The summed E-state index contributed by atoms with van der Waals surface area (Å²) >= 11 is 0. The topological polar surface area (TPSA) is 119 Å². The van der Waals surface area contributed by atoms with E-state index in [0.717, 1.165) is 23.3 Å². The number of hydrogen-bond acceptors (Lipinski definition) is 5. The van der Waals surface area contributed by atoms with Crippen LogP contribution < -0.4 is 11.2 Å². The molecule has 3 aromatic rings. The number of aliphatic hydroxyl groups excluding tert-OH is 1. The van der Waals surface area contributed by atoms with Gasteiger partial charge in [-0.25, -0.2) is 9.59 Å². The Kier molecular flexibility index (Phi) is 6.30. The fourth-order valence-electron chi connectivity index (χ4n) is 3.08. The van der Waals surface area contributed by atoms with Crippen molar-refractivity contribution in [3.8, 4) is 0 Å². The molecule has 0 spiro atoms. The summed E-state index contributed by atoms with van der Waals surface area (Å²) in [5.41, 5.74) is -0.793. The second-order valence-corrected chi connectivity index (χ2v) is 6.92.